The van der Waals surface area contributed by atoms with Crippen LogP contribution in [0.5, 0.6) is 11.6 Å². The van der Waals surface area contributed by atoms with E-state index in [0.29, 0.717) is 0 Å². The molecule has 21 heavy (non-hydrogen) atoms. The summed E-state index contributed by atoms with van der Waals surface area (Å²) in [5.74, 6) is -2.88. The number of carboxylic acid groups (broad SMARTS) is 1. The molecule has 0 fully saturated rings. The summed E-state index contributed by atoms with van der Waals surface area (Å²) in [5, 5.41) is 19.7. The lowest BCUT2D eigenvalue weighted by atomic mass is 10.1. The van der Waals surface area contributed by atoms with Gasteiger partial charge in [-0.3, -0.25) is 10.1 Å². The number of halogens is 2. The van der Waals surface area contributed by atoms with Crippen molar-refractivity contribution in [2.45, 2.75) is 0 Å². The summed E-state index contributed by atoms with van der Waals surface area (Å²) in [4.78, 5) is 24.4. The summed E-state index contributed by atoms with van der Waals surface area (Å²) >= 11 is 5.53. The molecule has 1 N–H and O–H groups in total. The predicted octanol–water partition coefficient (Wildman–Crippen LogP) is 3.27. The number of nitro groups is 1. The number of nitro benzene ring substituents is 1. The van der Waals surface area contributed by atoms with Gasteiger partial charge in [-0.05, 0) is 12.1 Å². The highest BCUT2D eigenvalue weighted by molar-refractivity contribution is 6.30. The van der Waals surface area contributed by atoms with Gasteiger partial charge in [-0.15, -0.1) is 0 Å². The summed E-state index contributed by atoms with van der Waals surface area (Å²) in [5.41, 5.74) is -1.17. The minimum Gasteiger partial charge on any atom is -0.477 e. The zero-order valence-corrected chi connectivity index (χ0v) is 10.9. The lowest BCUT2D eigenvalue weighted by molar-refractivity contribution is -0.385. The second-order valence-corrected chi connectivity index (χ2v) is 4.22. The Morgan fingerprint density at radius 2 is 2.14 bits per heavy atom. The van der Waals surface area contributed by atoms with Gasteiger partial charge in [-0.2, -0.15) is 0 Å². The quantitative estimate of drug-likeness (QED) is 0.686. The molecule has 1 heterocycles. The molecule has 7 nitrogen and oxygen atoms in total. The Labute approximate surface area is 121 Å². The smallest absolute Gasteiger partial charge is 0.342 e. The molecule has 2 rings (SSSR count). The third kappa shape index (κ3) is 3.23. The Kier molecular flexibility index (Phi) is 3.99. The monoisotopic (exact) mass is 312 g/mol. The maximum Gasteiger partial charge on any atom is 0.342 e. The van der Waals surface area contributed by atoms with E-state index in [0.717, 1.165) is 30.5 Å². The normalized spacial score (nSPS) is 10.2. The van der Waals surface area contributed by atoms with Gasteiger partial charge < -0.3 is 9.84 Å². The van der Waals surface area contributed by atoms with E-state index in [4.69, 9.17) is 21.4 Å². The maximum absolute atomic E-state index is 13.5. The molecule has 108 valence electrons. The number of pyridine rings is 1. The highest BCUT2D eigenvalue weighted by atomic mass is 35.5. The summed E-state index contributed by atoms with van der Waals surface area (Å²) in [7, 11) is 0. The van der Waals surface area contributed by atoms with Gasteiger partial charge in [0.15, 0.2) is 5.82 Å². The number of benzene rings is 1. The molecule has 0 spiro atoms. The molecular formula is C12H6ClFN2O5. The standard InChI is InChI=1S/C12H6ClFN2O5/c13-6-3-9(14)11(15-5-6)21-7-1-2-10(16(19)20)8(4-7)12(17)18/h1-5H,(H,17,18). The summed E-state index contributed by atoms with van der Waals surface area (Å²) < 4.78 is 18.6. The second-order valence-electron chi connectivity index (χ2n) is 3.78. The van der Waals surface area contributed by atoms with Gasteiger partial charge in [0, 0.05) is 18.3 Å². The fourth-order valence-electron chi connectivity index (χ4n) is 1.50. The minimum absolute atomic E-state index is 0.0646. The van der Waals surface area contributed by atoms with Crippen molar-refractivity contribution in [1.82, 2.24) is 4.98 Å². The molecule has 0 aliphatic rings. The lowest BCUT2D eigenvalue weighted by Crippen LogP contribution is -2.03. The van der Waals surface area contributed by atoms with Crippen LogP contribution in [0.25, 0.3) is 0 Å². The Morgan fingerprint density at radius 3 is 2.71 bits per heavy atom. The van der Waals surface area contributed by atoms with Crippen molar-refractivity contribution in [2.24, 2.45) is 0 Å². The molecule has 0 amide bonds. The molecule has 9 heteroatoms. The Balaban J connectivity index is 2.39. The topological polar surface area (TPSA) is 103 Å². The van der Waals surface area contributed by atoms with E-state index in [1.807, 2.05) is 0 Å². The molecule has 0 radical (unpaired) electrons. The first-order chi connectivity index (χ1) is 9.88. The van der Waals surface area contributed by atoms with Gasteiger partial charge in [-0.1, -0.05) is 11.6 Å². The van der Waals surface area contributed by atoms with Gasteiger partial charge in [0.2, 0.25) is 0 Å². The molecule has 0 saturated heterocycles. The molecule has 0 unspecified atom stereocenters. The number of hydrogen-bond acceptors (Lipinski definition) is 5. The molecule has 0 saturated carbocycles. The number of carbonyl (C=O) groups is 1. The van der Waals surface area contributed by atoms with Crippen molar-refractivity contribution < 1.29 is 24.0 Å². The predicted molar refractivity (Wildman–Crippen MR) is 69.3 cm³/mol. The number of nitrogens with zero attached hydrogens (tertiary/aromatic N) is 2. The van der Waals surface area contributed by atoms with Gasteiger partial charge in [0.05, 0.1) is 9.95 Å². The number of rotatable bonds is 4. The van der Waals surface area contributed by atoms with Crippen molar-refractivity contribution in [1.29, 1.82) is 0 Å². The molecule has 2 aromatic rings. The summed E-state index contributed by atoms with van der Waals surface area (Å²) in [6.07, 6.45) is 1.14. The highest BCUT2D eigenvalue weighted by Gasteiger charge is 2.21. The molecule has 0 bridgehead atoms. The minimum atomic E-state index is -1.50. The van der Waals surface area contributed by atoms with E-state index in [2.05, 4.69) is 4.98 Å². The average molecular weight is 313 g/mol. The van der Waals surface area contributed by atoms with Crippen molar-refractivity contribution in [3.8, 4) is 11.6 Å². The molecule has 1 aromatic heterocycles. The Bertz CT molecular complexity index is 738. The van der Waals surface area contributed by atoms with Crippen LogP contribution < -0.4 is 4.74 Å². The van der Waals surface area contributed by atoms with Crippen molar-refractivity contribution in [3.05, 3.63) is 57.0 Å². The van der Waals surface area contributed by atoms with Crippen LogP contribution in [0, 0.1) is 15.9 Å². The summed E-state index contributed by atoms with van der Waals surface area (Å²) in [6.45, 7) is 0. The third-order valence-corrected chi connectivity index (χ3v) is 2.59. The summed E-state index contributed by atoms with van der Waals surface area (Å²) in [6, 6.07) is 3.97. The van der Waals surface area contributed by atoms with E-state index in [9.17, 15) is 19.3 Å². The highest BCUT2D eigenvalue weighted by Crippen LogP contribution is 2.28. The Hall–Kier alpha value is -2.74. The average Bonchev–Trinajstić information content (AvgIpc) is 2.41. The zero-order valence-electron chi connectivity index (χ0n) is 10.1. The first kappa shape index (κ1) is 14.7. The molecule has 1 aromatic carbocycles. The first-order valence-corrected chi connectivity index (χ1v) is 5.77. The van der Waals surface area contributed by atoms with E-state index < -0.39 is 33.8 Å². The Morgan fingerprint density at radius 1 is 1.43 bits per heavy atom. The van der Waals surface area contributed by atoms with E-state index in [-0.39, 0.29) is 10.8 Å². The third-order valence-electron chi connectivity index (χ3n) is 2.38. The van der Waals surface area contributed by atoms with Crippen LogP contribution in [0.15, 0.2) is 30.5 Å². The van der Waals surface area contributed by atoms with Crippen molar-refractivity contribution in [3.63, 3.8) is 0 Å². The van der Waals surface area contributed by atoms with Crippen LogP contribution in [0.3, 0.4) is 0 Å². The second kappa shape index (κ2) is 5.71. The van der Waals surface area contributed by atoms with Gasteiger partial charge in [0.25, 0.3) is 11.6 Å². The van der Waals surface area contributed by atoms with E-state index in [1.54, 1.807) is 0 Å². The number of aromatic nitrogens is 1. The van der Waals surface area contributed by atoms with Crippen LogP contribution in [0.2, 0.25) is 5.02 Å². The maximum atomic E-state index is 13.5. The van der Waals surface area contributed by atoms with E-state index >= 15 is 0 Å². The largest absolute Gasteiger partial charge is 0.477 e. The van der Waals surface area contributed by atoms with Gasteiger partial charge in [-0.25, -0.2) is 14.2 Å². The number of aromatic carboxylic acids is 1. The molecular weight excluding hydrogens is 307 g/mol. The van der Waals surface area contributed by atoms with Crippen LogP contribution in [-0.2, 0) is 0 Å². The van der Waals surface area contributed by atoms with Crippen molar-refractivity contribution in [2.75, 3.05) is 0 Å². The van der Waals surface area contributed by atoms with Crippen LogP contribution in [-0.4, -0.2) is 21.0 Å². The lowest BCUT2D eigenvalue weighted by Gasteiger charge is -2.06. The fourth-order valence-corrected chi connectivity index (χ4v) is 1.64. The van der Waals surface area contributed by atoms with Crippen LogP contribution in [0.4, 0.5) is 10.1 Å². The number of ether oxygens (including phenoxy) is 1. The van der Waals surface area contributed by atoms with Crippen LogP contribution >= 0.6 is 11.6 Å². The number of hydrogen-bond donors (Lipinski definition) is 1. The van der Waals surface area contributed by atoms with Gasteiger partial charge >= 0.3 is 5.97 Å². The molecule has 0 aliphatic carbocycles. The van der Waals surface area contributed by atoms with Crippen LogP contribution in [0.1, 0.15) is 10.4 Å². The van der Waals surface area contributed by atoms with Crippen molar-refractivity contribution >= 4 is 23.3 Å². The fraction of sp³-hybridized carbons (Fsp3) is 0. The molecule has 0 atom stereocenters. The molecule has 0 aliphatic heterocycles. The zero-order chi connectivity index (χ0) is 15.6. The SMILES string of the molecule is O=C(O)c1cc(Oc2ncc(Cl)cc2F)ccc1[N+](=O)[O-]. The van der Waals surface area contributed by atoms with Gasteiger partial charge in [0.1, 0.15) is 11.3 Å². The van der Waals surface area contributed by atoms with E-state index in [1.165, 1.54) is 0 Å². The first-order valence-electron chi connectivity index (χ1n) is 5.39. The number of carboxylic acids is 1.